The molecule has 2 saturated heterocycles. The molecule has 19 heavy (non-hydrogen) atoms. The van der Waals surface area contributed by atoms with E-state index in [0.29, 0.717) is 30.0 Å². The Hall–Kier alpha value is -0.570. The molecule has 2 heterocycles. The molecule has 2 N–H and O–H groups in total. The molecule has 3 nitrogen and oxygen atoms in total. The Labute approximate surface area is 115 Å². The summed E-state index contributed by atoms with van der Waals surface area (Å²) in [5, 5.41) is 6.96. The molecule has 5 unspecified atom stereocenters. The molecule has 2 aliphatic carbocycles. The quantitative estimate of drug-likeness (QED) is 0.819. The molecular formula is C16H26N2O. The van der Waals surface area contributed by atoms with E-state index in [1.807, 2.05) is 0 Å². The van der Waals surface area contributed by atoms with Crippen LogP contribution in [0.2, 0.25) is 0 Å². The molecule has 2 aliphatic heterocycles. The van der Waals surface area contributed by atoms with Crippen LogP contribution in [0.15, 0.2) is 0 Å². The third kappa shape index (κ3) is 2.42. The number of nitrogens with one attached hydrogen (secondary N) is 2. The molecule has 106 valence electrons. The number of carbonyl (C=O) groups excluding carboxylic acids is 1. The van der Waals surface area contributed by atoms with Crippen LogP contribution in [-0.4, -0.2) is 24.0 Å². The predicted octanol–water partition coefficient (Wildman–Crippen LogP) is 2.21. The predicted molar refractivity (Wildman–Crippen MR) is 74.7 cm³/mol. The number of fused-ring (bicyclic) bond motifs is 4. The largest absolute Gasteiger partial charge is 0.353 e. The summed E-state index contributed by atoms with van der Waals surface area (Å²) < 4.78 is 0. The van der Waals surface area contributed by atoms with Crippen LogP contribution in [0.1, 0.15) is 57.8 Å². The van der Waals surface area contributed by atoms with Crippen LogP contribution in [0.3, 0.4) is 0 Å². The molecule has 4 rings (SSSR count). The van der Waals surface area contributed by atoms with Gasteiger partial charge in [0.15, 0.2) is 0 Å². The Morgan fingerprint density at radius 1 is 1.00 bits per heavy atom. The fourth-order valence-corrected chi connectivity index (χ4v) is 5.33. The summed E-state index contributed by atoms with van der Waals surface area (Å²) in [6.07, 6.45) is 11.3. The van der Waals surface area contributed by atoms with E-state index in [1.54, 1.807) is 0 Å². The average molecular weight is 262 g/mol. The van der Waals surface area contributed by atoms with Gasteiger partial charge in [0.2, 0.25) is 5.91 Å². The van der Waals surface area contributed by atoms with Gasteiger partial charge in [0, 0.05) is 24.5 Å². The summed E-state index contributed by atoms with van der Waals surface area (Å²) in [4.78, 5) is 12.2. The zero-order chi connectivity index (χ0) is 12.8. The highest BCUT2D eigenvalue weighted by atomic mass is 16.1. The van der Waals surface area contributed by atoms with E-state index < -0.39 is 0 Å². The third-order valence-corrected chi connectivity index (χ3v) is 6.17. The van der Waals surface area contributed by atoms with E-state index in [0.717, 1.165) is 31.1 Å². The maximum absolute atomic E-state index is 12.2. The van der Waals surface area contributed by atoms with Crippen molar-refractivity contribution >= 4 is 5.91 Å². The highest BCUT2D eigenvalue weighted by Crippen LogP contribution is 2.49. The number of hydrogen-bond acceptors (Lipinski definition) is 2. The molecule has 2 saturated carbocycles. The van der Waals surface area contributed by atoms with Crippen LogP contribution in [0.25, 0.3) is 0 Å². The first-order valence-corrected chi connectivity index (χ1v) is 8.31. The first-order valence-electron chi connectivity index (χ1n) is 8.31. The Morgan fingerprint density at radius 3 is 2.42 bits per heavy atom. The van der Waals surface area contributed by atoms with Gasteiger partial charge in [-0.1, -0.05) is 6.42 Å². The van der Waals surface area contributed by atoms with E-state index in [4.69, 9.17) is 0 Å². The molecule has 4 aliphatic rings. The Bertz CT molecular complexity index is 358. The van der Waals surface area contributed by atoms with Gasteiger partial charge in [-0.25, -0.2) is 0 Å². The lowest BCUT2D eigenvalue weighted by atomic mass is 9.86. The summed E-state index contributed by atoms with van der Waals surface area (Å²) in [7, 11) is 0. The van der Waals surface area contributed by atoms with Gasteiger partial charge in [-0.05, 0) is 62.7 Å². The number of amides is 1. The minimum Gasteiger partial charge on any atom is -0.353 e. The second kappa shape index (κ2) is 4.76. The Morgan fingerprint density at radius 2 is 1.79 bits per heavy atom. The maximum atomic E-state index is 12.2. The Balaban J connectivity index is 1.27. The minimum absolute atomic E-state index is 0.337. The van der Waals surface area contributed by atoms with E-state index in [9.17, 15) is 4.79 Å². The van der Waals surface area contributed by atoms with Gasteiger partial charge in [0.1, 0.15) is 0 Å². The second-order valence-electron chi connectivity index (χ2n) is 7.51. The highest BCUT2D eigenvalue weighted by Gasteiger charge is 2.40. The van der Waals surface area contributed by atoms with Gasteiger partial charge < -0.3 is 10.6 Å². The highest BCUT2D eigenvalue weighted by molar-refractivity contribution is 5.76. The van der Waals surface area contributed by atoms with Gasteiger partial charge >= 0.3 is 0 Å². The standard InChI is InChI=1S/C16H26N2O/c19-16(7-12-6-10-1-2-11(12)5-10)18-15-8-13-3-4-14(9-15)17-13/h10-15,17H,1-9H2,(H,18,19). The van der Waals surface area contributed by atoms with Crippen molar-refractivity contribution in [1.29, 1.82) is 0 Å². The zero-order valence-electron chi connectivity index (χ0n) is 11.7. The van der Waals surface area contributed by atoms with Crippen molar-refractivity contribution in [3.8, 4) is 0 Å². The summed E-state index contributed by atoms with van der Waals surface area (Å²) >= 11 is 0. The summed E-state index contributed by atoms with van der Waals surface area (Å²) in [5.74, 6) is 2.87. The number of hydrogen-bond donors (Lipinski definition) is 2. The molecular weight excluding hydrogens is 236 g/mol. The van der Waals surface area contributed by atoms with Crippen molar-refractivity contribution in [1.82, 2.24) is 10.6 Å². The topological polar surface area (TPSA) is 41.1 Å². The first-order chi connectivity index (χ1) is 9.26. The molecule has 1 amide bonds. The van der Waals surface area contributed by atoms with Gasteiger partial charge in [0.25, 0.3) is 0 Å². The normalized spacial score (nSPS) is 47.6. The van der Waals surface area contributed by atoms with E-state index >= 15 is 0 Å². The van der Waals surface area contributed by atoms with Crippen LogP contribution in [0, 0.1) is 17.8 Å². The van der Waals surface area contributed by atoms with Crippen molar-refractivity contribution < 1.29 is 4.79 Å². The lowest BCUT2D eigenvalue weighted by Gasteiger charge is -2.30. The molecule has 0 aromatic carbocycles. The number of rotatable bonds is 3. The second-order valence-corrected chi connectivity index (χ2v) is 7.51. The van der Waals surface area contributed by atoms with Crippen LogP contribution in [-0.2, 0) is 4.79 Å². The minimum atomic E-state index is 0.337. The first kappa shape index (κ1) is 12.2. The molecule has 0 spiro atoms. The van der Waals surface area contributed by atoms with Crippen LogP contribution < -0.4 is 10.6 Å². The van der Waals surface area contributed by atoms with Crippen LogP contribution in [0.4, 0.5) is 0 Å². The van der Waals surface area contributed by atoms with Crippen molar-refractivity contribution in [3.63, 3.8) is 0 Å². The zero-order valence-corrected chi connectivity index (χ0v) is 11.7. The van der Waals surface area contributed by atoms with Gasteiger partial charge in [0.05, 0.1) is 0 Å². The van der Waals surface area contributed by atoms with E-state index in [1.165, 1.54) is 38.5 Å². The van der Waals surface area contributed by atoms with Gasteiger partial charge in [-0.15, -0.1) is 0 Å². The van der Waals surface area contributed by atoms with Crippen molar-refractivity contribution in [2.45, 2.75) is 75.9 Å². The fourth-order valence-electron chi connectivity index (χ4n) is 5.33. The third-order valence-electron chi connectivity index (χ3n) is 6.17. The maximum Gasteiger partial charge on any atom is 0.220 e. The van der Waals surface area contributed by atoms with Crippen molar-refractivity contribution in [2.24, 2.45) is 17.8 Å². The molecule has 4 fully saturated rings. The van der Waals surface area contributed by atoms with Gasteiger partial charge in [-0.3, -0.25) is 4.79 Å². The number of piperidine rings is 1. The smallest absolute Gasteiger partial charge is 0.220 e. The molecule has 0 radical (unpaired) electrons. The lowest BCUT2D eigenvalue weighted by Crippen LogP contribution is -2.48. The SMILES string of the molecule is O=C(CC1CC2CCC1C2)NC1CC2CCC(C1)N2. The number of carbonyl (C=O) groups is 1. The molecule has 0 aromatic heterocycles. The molecule has 4 bridgehead atoms. The summed E-state index contributed by atoms with van der Waals surface area (Å²) in [6.45, 7) is 0. The Kier molecular flexibility index (Phi) is 3.06. The van der Waals surface area contributed by atoms with Crippen LogP contribution >= 0.6 is 0 Å². The molecule has 3 heteroatoms. The van der Waals surface area contributed by atoms with Gasteiger partial charge in [-0.2, -0.15) is 0 Å². The average Bonchev–Trinajstić information content (AvgIpc) is 3.05. The summed E-state index contributed by atoms with van der Waals surface area (Å²) in [5.41, 5.74) is 0. The lowest BCUT2D eigenvalue weighted by molar-refractivity contribution is -0.123. The fraction of sp³-hybridized carbons (Fsp3) is 0.938. The van der Waals surface area contributed by atoms with Crippen LogP contribution in [0.5, 0.6) is 0 Å². The molecule has 5 atom stereocenters. The van der Waals surface area contributed by atoms with E-state index in [-0.39, 0.29) is 0 Å². The summed E-state index contributed by atoms with van der Waals surface area (Å²) in [6, 6.07) is 1.79. The molecule has 0 aromatic rings. The van der Waals surface area contributed by atoms with E-state index in [2.05, 4.69) is 10.6 Å². The van der Waals surface area contributed by atoms with Crippen molar-refractivity contribution in [2.75, 3.05) is 0 Å². The monoisotopic (exact) mass is 262 g/mol. The van der Waals surface area contributed by atoms with Crippen molar-refractivity contribution in [3.05, 3.63) is 0 Å².